The van der Waals surface area contributed by atoms with Gasteiger partial charge in [0.25, 0.3) is 0 Å². The highest BCUT2D eigenvalue weighted by Crippen LogP contribution is 2.35. The summed E-state index contributed by atoms with van der Waals surface area (Å²) < 4.78 is 0. The van der Waals surface area contributed by atoms with E-state index in [0.717, 1.165) is 4.90 Å². The van der Waals surface area contributed by atoms with Crippen LogP contribution >= 0.6 is 0 Å². The molecule has 1 heterocycles. The first-order valence-electron chi connectivity index (χ1n) is 5.60. The zero-order valence-electron chi connectivity index (χ0n) is 10.5. The normalized spacial score (nSPS) is 10.4. The van der Waals surface area contributed by atoms with Crippen molar-refractivity contribution in [3.63, 3.8) is 0 Å². The van der Waals surface area contributed by atoms with Crippen LogP contribution in [0.3, 0.4) is 0 Å². The summed E-state index contributed by atoms with van der Waals surface area (Å²) in [6.07, 6.45) is 0.244. The van der Waals surface area contributed by atoms with E-state index < -0.39 is 22.5 Å². The molecule has 0 fully saturated rings. The van der Waals surface area contributed by atoms with Crippen molar-refractivity contribution in [1.82, 2.24) is 9.88 Å². The van der Waals surface area contributed by atoms with Crippen LogP contribution in [-0.4, -0.2) is 38.2 Å². The second kappa shape index (κ2) is 5.00. The average molecular weight is 277 g/mol. The van der Waals surface area contributed by atoms with Gasteiger partial charge in [-0.25, -0.2) is 4.79 Å². The zero-order chi connectivity index (χ0) is 14.9. The summed E-state index contributed by atoms with van der Waals surface area (Å²) >= 11 is 0. The Balaban J connectivity index is 2.66. The van der Waals surface area contributed by atoms with E-state index in [0.29, 0.717) is 10.9 Å². The molecule has 0 saturated carbocycles. The first-order valence-corrected chi connectivity index (χ1v) is 5.60. The molecule has 0 atom stereocenters. The van der Waals surface area contributed by atoms with E-state index in [1.807, 2.05) is 0 Å². The summed E-state index contributed by atoms with van der Waals surface area (Å²) in [5, 5.41) is 30.1. The number of nitro benzene ring substituents is 1. The fourth-order valence-corrected chi connectivity index (χ4v) is 1.88. The standard InChI is InChI=1S/C12H11N3O5/c1-14(12(17)18)6-7-5-9(15(19)20)11(16)10-8(7)3-2-4-13-10/h2-5,16H,6H2,1H3,(H,17,18). The lowest BCUT2D eigenvalue weighted by molar-refractivity contribution is -0.385. The molecule has 2 aromatic rings. The van der Waals surface area contributed by atoms with Gasteiger partial charge in [-0.05, 0) is 11.6 Å². The lowest BCUT2D eigenvalue weighted by Crippen LogP contribution is -2.24. The number of hydrogen-bond donors (Lipinski definition) is 2. The van der Waals surface area contributed by atoms with Gasteiger partial charge in [0.2, 0.25) is 5.75 Å². The van der Waals surface area contributed by atoms with Crippen LogP contribution in [0.4, 0.5) is 10.5 Å². The molecule has 0 aliphatic carbocycles. The quantitative estimate of drug-likeness (QED) is 0.654. The molecule has 0 radical (unpaired) electrons. The van der Waals surface area contributed by atoms with Crippen molar-refractivity contribution in [3.8, 4) is 5.75 Å². The topological polar surface area (TPSA) is 117 Å². The minimum Gasteiger partial charge on any atom is -0.501 e. The fourth-order valence-electron chi connectivity index (χ4n) is 1.88. The molecule has 0 unspecified atom stereocenters. The molecular formula is C12H11N3O5. The van der Waals surface area contributed by atoms with Crippen LogP contribution in [0.5, 0.6) is 5.75 Å². The van der Waals surface area contributed by atoms with E-state index in [4.69, 9.17) is 5.11 Å². The number of pyridine rings is 1. The second-order valence-corrected chi connectivity index (χ2v) is 4.20. The predicted octanol–water partition coefficient (Wildman–Crippen LogP) is 1.96. The molecule has 0 saturated heterocycles. The highest BCUT2D eigenvalue weighted by atomic mass is 16.6. The van der Waals surface area contributed by atoms with Crippen LogP contribution < -0.4 is 0 Å². The summed E-state index contributed by atoms with van der Waals surface area (Å²) in [5.41, 5.74) is -0.0111. The molecule has 2 N–H and O–H groups in total. The Labute approximate surface area is 113 Å². The summed E-state index contributed by atoms with van der Waals surface area (Å²) in [5.74, 6) is -0.521. The lowest BCUT2D eigenvalue weighted by Gasteiger charge is -2.14. The maximum atomic E-state index is 10.9. The molecule has 2 rings (SSSR count). The highest BCUT2D eigenvalue weighted by Gasteiger charge is 2.21. The number of amides is 1. The van der Waals surface area contributed by atoms with Crippen molar-refractivity contribution in [2.45, 2.75) is 6.54 Å². The van der Waals surface area contributed by atoms with Gasteiger partial charge in [-0.2, -0.15) is 0 Å². The Bertz CT molecular complexity index is 701. The highest BCUT2D eigenvalue weighted by molar-refractivity contribution is 5.91. The van der Waals surface area contributed by atoms with Crippen molar-refractivity contribution in [1.29, 1.82) is 0 Å². The van der Waals surface area contributed by atoms with E-state index in [9.17, 15) is 20.0 Å². The van der Waals surface area contributed by atoms with Crippen LogP contribution in [0, 0.1) is 10.1 Å². The molecular weight excluding hydrogens is 266 g/mol. The van der Waals surface area contributed by atoms with E-state index >= 15 is 0 Å². The third-order valence-electron chi connectivity index (χ3n) is 2.86. The third kappa shape index (κ3) is 2.30. The number of benzene rings is 1. The van der Waals surface area contributed by atoms with Gasteiger partial charge >= 0.3 is 11.8 Å². The zero-order valence-corrected chi connectivity index (χ0v) is 10.5. The van der Waals surface area contributed by atoms with Crippen LogP contribution in [0.15, 0.2) is 24.4 Å². The van der Waals surface area contributed by atoms with E-state index in [1.54, 1.807) is 12.1 Å². The minimum absolute atomic E-state index is 0.0430. The maximum Gasteiger partial charge on any atom is 0.407 e. The van der Waals surface area contributed by atoms with E-state index in [-0.39, 0.29) is 12.1 Å². The molecule has 1 aromatic carbocycles. The number of phenols is 1. The maximum absolute atomic E-state index is 10.9. The number of hydrogen-bond acceptors (Lipinski definition) is 5. The van der Waals surface area contributed by atoms with Crippen LogP contribution in [0.1, 0.15) is 5.56 Å². The molecule has 0 aliphatic rings. The number of aromatic hydroxyl groups is 1. The molecule has 20 heavy (non-hydrogen) atoms. The molecule has 104 valence electrons. The van der Waals surface area contributed by atoms with E-state index in [1.165, 1.54) is 19.3 Å². The molecule has 8 nitrogen and oxygen atoms in total. The molecule has 1 amide bonds. The largest absolute Gasteiger partial charge is 0.501 e. The molecule has 0 aliphatic heterocycles. The number of phenolic OH excluding ortho intramolecular Hbond substituents is 1. The van der Waals surface area contributed by atoms with Crippen molar-refractivity contribution in [3.05, 3.63) is 40.1 Å². The SMILES string of the molecule is CN(Cc1cc([N+](=O)[O-])c(O)c2ncccc12)C(=O)O. The number of carboxylic acid groups (broad SMARTS) is 1. The summed E-state index contributed by atoms with van der Waals surface area (Å²) in [7, 11) is 1.35. The van der Waals surface area contributed by atoms with Gasteiger partial charge in [-0.1, -0.05) is 6.07 Å². The Morgan fingerprint density at radius 1 is 1.55 bits per heavy atom. The van der Waals surface area contributed by atoms with Crippen molar-refractivity contribution < 1.29 is 19.9 Å². The van der Waals surface area contributed by atoms with Crippen molar-refractivity contribution in [2.24, 2.45) is 0 Å². The third-order valence-corrected chi connectivity index (χ3v) is 2.86. The molecule has 0 spiro atoms. The van der Waals surface area contributed by atoms with Crippen molar-refractivity contribution in [2.75, 3.05) is 7.05 Å². The van der Waals surface area contributed by atoms with Crippen LogP contribution in [0.2, 0.25) is 0 Å². The molecule has 1 aromatic heterocycles. The Morgan fingerprint density at radius 3 is 2.85 bits per heavy atom. The van der Waals surface area contributed by atoms with Crippen molar-refractivity contribution >= 4 is 22.7 Å². The Hall–Kier alpha value is -2.90. The van der Waals surface area contributed by atoms with Gasteiger partial charge in [0.1, 0.15) is 5.52 Å². The van der Waals surface area contributed by atoms with Gasteiger partial charge in [0, 0.05) is 31.2 Å². The number of aromatic nitrogens is 1. The van der Waals surface area contributed by atoms with Gasteiger partial charge < -0.3 is 15.1 Å². The van der Waals surface area contributed by atoms with Gasteiger partial charge in [0.05, 0.1) is 4.92 Å². The van der Waals surface area contributed by atoms with E-state index in [2.05, 4.69) is 4.98 Å². The first kappa shape index (κ1) is 13.5. The van der Waals surface area contributed by atoms with Crippen LogP contribution in [0.25, 0.3) is 10.9 Å². The second-order valence-electron chi connectivity index (χ2n) is 4.20. The first-order chi connectivity index (χ1) is 9.41. The van der Waals surface area contributed by atoms with Crippen LogP contribution in [-0.2, 0) is 6.54 Å². The summed E-state index contributed by atoms with van der Waals surface area (Å²) in [4.78, 5) is 26.0. The summed E-state index contributed by atoms with van der Waals surface area (Å²) in [6, 6.07) is 4.40. The number of rotatable bonds is 3. The average Bonchev–Trinajstić information content (AvgIpc) is 2.41. The van der Waals surface area contributed by atoms with Gasteiger partial charge in [-0.15, -0.1) is 0 Å². The smallest absolute Gasteiger partial charge is 0.407 e. The molecule has 0 bridgehead atoms. The Kier molecular flexibility index (Phi) is 3.38. The number of carbonyl (C=O) groups is 1. The number of nitrogens with zero attached hydrogens (tertiary/aromatic N) is 3. The number of fused-ring (bicyclic) bond motifs is 1. The van der Waals surface area contributed by atoms with Gasteiger partial charge in [0.15, 0.2) is 0 Å². The monoisotopic (exact) mass is 277 g/mol. The predicted molar refractivity (Wildman–Crippen MR) is 69.6 cm³/mol. The number of nitro groups is 1. The molecule has 8 heteroatoms. The fraction of sp³-hybridized carbons (Fsp3) is 0.167. The van der Waals surface area contributed by atoms with Gasteiger partial charge in [-0.3, -0.25) is 15.1 Å². The lowest BCUT2D eigenvalue weighted by atomic mass is 10.1. The Morgan fingerprint density at radius 2 is 2.25 bits per heavy atom. The minimum atomic E-state index is -1.15. The summed E-state index contributed by atoms with van der Waals surface area (Å²) in [6.45, 7) is -0.0430.